The summed E-state index contributed by atoms with van der Waals surface area (Å²) in [6.07, 6.45) is 0.114. The van der Waals surface area contributed by atoms with Gasteiger partial charge in [-0.05, 0) is 12.8 Å². The minimum atomic E-state index is -0.813. The van der Waals surface area contributed by atoms with Crippen LogP contribution in [0.2, 0.25) is 0 Å². The molecule has 0 bridgehead atoms. The lowest BCUT2D eigenvalue weighted by atomic mass is 10.0. The number of aliphatic hydroxyl groups is 3. The number of hydrogen-bond donors (Lipinski definition) is 4. The Hall–Kier alpha value is -0.160. The minimum absolute atomic E-state index is 0.157. The zero-order valence-electron chi connectivity index (χ0n) is 7.48. The lowest BCUT2D eigenvalue weighted by Gasteiger charge is -2.19. The second-order valence-electron chi connectivity index (χ2n) is 3.10. The molecule has 0 amide bonds. The molecule has 4 nitrogen and oxygen atoms in total. The van der Waals surface area contributed by atoms with Crippen LogP contribution in [-0.4, -0.2) is 40.2 Å². The van der Waals surface area contributed by atoms with Crippen molar-refractivity contribution in [2.45, 2.75) is 44.4 Å². The van der Waals surface area contributed by atoms with E-state index in [2.05, 4.69) is 0 Å². The van der Waals surface area contributed by atoms with Crippen molar-refractivity contribution in [2.24, 2.45) is 5.73 Å². The molecule has 0 aliphatic carbocycles. The first-order chi connectivity index (χ1) is 5.61. The van der Waals surface area contributed by atoms with Gasteiger partial charge in [-0.2, -0.15) is 0 Å². The fourth-order valence-corrected chi connectivity index (χ4v) is 1.03. The Balaban J connectivity index is 3.62. The van der Waals surface area contributed by atoms with E-state index in [1.54, 1.807) is 0 Å². The molecule has 0 rings (SSSR count). The highest BCUT2D eigenvalue weighted by molar-refractivity contribution is 4.72. The second kappa shape index (κ2) is 6.37. The van der Waals surface area contributed by atoms with E-state index in [9.17, 15) is 10.2 Å². The minimum Gasteiger partial charge on any atom is -0.395 e. The van der Waals surface area contributed by atoms with Crippen molar-refractivity contribution in [3.8, 4) is 0 Å². The fraction of sp³-hybridized carbons (Fsp3) is 1.00. The number of hydrogen-bond acceptors (Lipinski definition) is 4. The van der Waals surface area contributed by atoms with E-state index in [-0.39, 0.29) is 13.0 Å². The van der Waals surface area contributed by atoms with Crippen LogP contribution in [0.3, 0.4) is 0 Å². The van der Waals surface area contributed by atoms with Gasteiger partial charge in [0.2, 0.25) is 0 Å². The van der Waals surface area contributed by atoms with Gasteiger partial charge in [-0.1, -0.05) is 13.3 Å². The maximum Gasteiger partial charge on any atom is 0.0814 e. The van der Waals surface area contributed by atoms with E-state index in [0.717, 1.165) is 6.42 Å². The Labute approximate surface area is 73.0 Å². The van der Waals surface area contributed by atoms with Gasteiger partial charge in [0.25, 0.3) is 0 Å². The third kappa shape index (κ3) is 4.66. The summed E-state index contributed by atoms with van der Waals surface area (Å²) < 4.78 is 0. The van der Waals surface area contributed by atoms with E-state index >= 15 is 0 Å². The van der Waals surface area contributed by atoms with Crippen LogP contribution in [-0.2, 0) is 0 Å². The Kier molecular flexibility index (Phi) is 6.28. The normalized spacial score (nSPS) is 18.8. The first kappa shape index (κ1) is 11.8. The molecular weight excluding hydrogens is 158 g/mol. The molecule has 4 heteroatoms. The predicted octanol–water partition coefficient (Wildman–Crippen LogP) is -0.782. The van der Waals surface area contributed by atoms with Crippen LogP contribution in [0.4, 0.5) is 0 Å². The van der Waals surface area contributed by atoms with E-state index < -0.39 is 18.2 Å². The molecule has 74 valence electrons. The first-order valence-electron chi connectivity index (χ1n) is 4.34. The van der Waals surface area contributed by atoms with E-state index in [4.69, 9.17) is 10.8 Å². The smallest absolute Gasteiger partial charge is 0.0814 e. The summed E-state index contributed by atoms with van der Waals surface area (Å²) >= 11 is 0. The third-order valence-corrected chi connectivity index (χ3v) is 1.81. The molecule has 0 aliphatic heterocycles. The molecule has 12 heavy (non-hydrogen) atoms. The quantitative estimate of drug-likeness (QED) is 0.428. The van der Waals surface area contributed by atoms with Gasteiger partial charge in [0.1, 0.15) is 0 Å². The van der Waals surface area contributed by atoms with Crippen molar-refractivity contribution in [1.82, 2.24) is 0 Å². The second-order valence-corrected chi connectivity index (χ2v) is 3.10. The summed E-state index contributed by atoms with van der Waals surface area (Å²) in [5, 5.41) is 27.2. The van der Waals surface area contributed by atoms with E-state index in [1.807, 2.05) is 6.92 Å². The first-order valence-corrected chi connectivity index (χ1v) is 4.34. The summed E-state index contributed by atoms with van der Waals surface area (Å²) in [6, 6.07) is -0.438. The molecule has 0 heterocycles. The average Bonchev–Trinajstić information content (AvgIpc) is 2.04. The Morgan fingerprint density at radius 3 is 2.25 bits per heavy atom. The van der Waals surface area contributed by atoms with Gasteiger partial charge in [-0.3, -0.25) is 0 Å². The molecule has 3 atom stereocenters. The highest BCUT2D eigenvalue weighted by atomic mass is 16.3. The molecule has 5 N–H and O–H groups in total. The number of nitrogens with two attached hydrogens (primary N) is 1. The Morgan fingerprint density at radius 2 is 1.83 bits per heavy atom. The standard InChI is InChI=1S/C8H19NO3/c1-2-3-7(11)8(12)4-6(9)5-10/h6-8,10-12H,2-5,9H2,1H3/t6-,7+,8+/m0/s1. The van der Waals surface area contributed by atoms with Crippen LogP contribution in [0.1, 0.15) is 26.2 Å². The van der Waals surface area contributed by atoms with Crippen LogP contribution in [0, 0.1) is 0 Å². The maximum atomic E-state index is 9.31. The highest BCUT2D eigenvalue weighted by Crippen LogP contribution is 2.06. The predicted molar refractivity (Wildman–Crippen MR) is 46.6 cm³/mol. The zero-order valence-corrected chi connectivity index (χ0v) is 7.48. The fourth-order valence-electron chi connectivity index (χ4n) is 1.03. The summed E-state index contributed by atoms with van der Waals surface area (Å²) in [5.41, 5.74) is 5.39. The molecule has 0 aromatic heterocycles. The van der Waals surface area contributed by atoms with Gasteiger partial charge in [-0.25, -0.2) is 0 Å². The van der Waals surface area contributed by atoms with Gasteiger partial charge in [0.15, 0.2) is 0 Å². The molecule has 0 radical (unpaired) electrons. The summed E-state index contributed by atoms with van der Waals surface area (Å²) in [7, 11) is 0. The Bertz CT molecular complexity index is 110. The van der Waals surface area contributed by atoms with E-state index in [1.165, 1.54) is 0 Å². The van der Waals surface area contributed by atoms with Gasteiger partial charge in [0.05, 0.1) is 18.8 Å². The number of aliphatic hydroxyl groups excluding tert-OH is 3. The van der Waals surface area contributed by atoms with Gasteiger partial charge in [-0.15, -0.1) is 0 Å². The molecule has 0 aliphatic rings. The zero-order chi connectivity index (χ0) is 9.56. The van der Waals surface area contributed by atoms with E-state index in [0.29, 0.717) is 6.42 Å². The van der Waals surface area contributed by atoms with Gasteiger partial charge < -0.3 is 21.1 Å². The van der Waals surface area contributed by atoms with Crippen molar-refractivity contribution >= 4 is 0 Å². The van der Waals surface area contributed by atoms with Crippen LogP contribution in [0.15, 0.2) is 0 Å². The largest absolute Gasteiger partial charge is 0.395 e. The van der Waals surface area contributed by atoms with Crippen molar-refractivity contribution < 1.29 is 15.3 Å². The lowest BCUT2D eigenvalue weighted by molar-refractivity contribution is 0.00286. The maximum absolute atomic E-state index is 9.31. The van der Waals surface area contributed by atoms with Crippen LogP contribution < -0.4 is 5.73 Å². The van der Waals surface area contributed by atoms with Crippen LogP contribution in [0.5, 0.6) is 0 Å². The highest BCUT2D eigenvalue weighted by Gasteiger charge is 2.17. The molecule has 0 saturated heterocycles. The molecule has 0 spiro atoms. The monoisotopic (exact) mass is 177 g/mol. The summed E-state index contributed by atoms with van der Waals surface area (Å²) in [4.78, 5) is 0. The molecule has 0 aromatic rings. The van der Waals surface area contributed by atoms with Gasteiger partial charge in [0, 0.05) is 6.04 Å². The van der Waals surface area contributed by atoms with Crippen molar-refractivity contribution in [1.29, 1.82) is 0 Å². The molecule has 0 saturated carbocycles. The van der Waals surface area contributed by atoms with Gasteiger partial charge >= 0.3 is 0 Å². The number of rotatable bonds is 6. The van der Waals surface area contributed by atoms with Crippen molar-refractivity contribution in [3.05, 3.63) is 0 Å². The topological polar surface area (TPSA) is 86.7 Å². The average molecular weight is 177 g/mol. The third-order valence-electron chi connectivity index (χ3n) is 1.81. The SMILES string of the molecule is CCC[C@@H](O)[C@H](O)C[C@H](N)CO. The van der Waals surface area contributed by atoms with Crippen LogP contribution >= 0.6 is 0 Å². The van der Waals surface area contributed by atoms with Crippen LogP contribution in [0.25, 0.3) is 0 Å². The summed E-state index contributed by atoms with van der Waals surface area (Å²) in [5.74, 6) is 0. The Morgan fingerprint density at radius 1 is 1.25 bits per heavy atom. The molecule has 0 aromatic carbocycles. The summed E-state index contributed by atoms with van der Waals surface area (Å²) in [6.45, 7) is 1.78. The lowest BCUT2D eigenvalue weighted by Crippen LogP contribution is -2.35. The van der Waals surface area contributed by atoms with Crippen molar-refractivity contribution in [2.75, 3.05) is 6.61 Å². The molecule has 0 fully saturated rings. The molecular formula is C8H19NO3. The molecule has 0 unspecified atom stereocenters. The van der Waals surface area contributed by atoms with Crippen molar-refractivity contribution in [3.63, 3.8) is 0 Å².